The van der Waals surface area contributed by atoms with E-state index in [4.69, 9.17) is 0 Å². The summed E-state index contributed by atoms with van der Waals surface area (Å²) in [6.45, 7) is 4.40. The van der Waals surface area contributed by atoms with E-state index in [1.807, 2.05) is 0 Å². The number of carboxylic acids is 1. The van der Waals surface area contributed by atoms with Crippen LogP contribution < -0.4 is 0 Å². The lowest BCUT2D eigenvalue weighted by Crippen LogP contribution is -2.23. The van der Waals surface area contributed by atoms with Crippen LogP contribution in [-0.2, 0) is 9.59 Å². The smallest absolute Gasteiger partial charge is 0.314 e. The molecule has 0 radical (unpaired) electrons. The molecule has 0 bridgehead atoms. The number of rotatable bonds is 23. The van der Waals surface area contributed by atoms with E-state index < -0.39 is 11.9 Å². The number of carboxylic acid groups (broad SMARTS) is 1. The van der Waals surface area contributed by atoms with Gasteiger partial charge in [0.25, 0.3) is 0 Å². The Bertz CT molecular complexity index is 378. The highest BCUT2D eigenvalue weighted by Crippen LogP contribution is 2.17. The molecule has 29 heavy (non-hydrogen) atoms. The molecule has 172 valence electrons. The zero-order valence-corrected chi connectivity index (χ0v) is 19.7. The minimum absolute atomic E-state index is 0.0521. The third-order valence-corrected chi connectivity index (χ3v) is 6.06. The summed E-state index contributed by atoms with van der Waals surface area (Å²) in [4.78, 5) is 23.5. The van der Waals surface area contributed by atoms with E-state index in [1.54, 1.807) is 0 Å². The molecule has 0 saturated heterocycles. The predicted molar refractivity (Wildman–Crippen MR) is 124 cm³/mol. The number of carbonyl (C=O) groups is 2. The number of ketones is 1. The van der Waals surface area contributed by atoms with Gasteiger partial charge in [0.2, 0.25) is 0 Å². The lowest BCUT2D eigenvalue weighted by atomic mass is 9.93. The second kappa shape index (κ2) is 21.8. The lowest BCUT2D eigenvalue weighted by Gasteiger charge is -2.11. The van der Waals surface area contributed by atoms with E-state index >= 15 is 0 Å². The fraction of sp³-hybridized carbons (Fsp3) is 0.923. The van der Waals surface area contributed by atoms with Crippen molar-refractivity contribution in [1.29, 1.82) is 0 Å². The van der Waals surface area contributed by atoms with E-state index in [-0.39, 0.29) is 5.78 Å². The summed E-state index contributed by atoms with van der Waals surface area (Å²) in [5, 5.41) is 9.30. The molecule has 0 aliphatic carbocycles. The molecule has 3 nitrogen and oxygen atoms in total. The molecule has 1 atom stereocenters. The Hall–Kier alpha value is -0.860. The van der Waals surface area contributed by atoms with Crippen molar-refractivity contribution in [2.24, 2.45) is 5.92 Å². The van der Waals surface area contributed by atoms with Gasteiger partial charge < -0.3 is 5.11 Å². The second-order valence-corrected chi connectivity index (χ2v) is 8.91. The van der Waals surface area contributed by atoms with Gasteiger partial charge in [-0.2, -0.15) is 0 Å². The molecule has 1 N–H and O–H groups in total. The first-order valence-electron chi connectivity index (χ1n) is 12.9. The third-order valence-electron chi connectivity index (χ3n) is 6.06. The average molecular weight is 411 g/mol. The summed E-state index contributed by atoms with van der Waals surface area (Å²) in [5.74, 6) is -1.74. The number of carbonyl (C=O) groups excluding carboxylic acids is 1. The molecule has 3 heteroatoms. The average Bonchev–Trinajstić information content (AvgIpc) is 2.70. The zero-order valence-electron chi connectivity index (χ0n) is 19.7. The van der Waals surface area contributed by atoms with Gasteiger partial charge in [-0.05, 0) is 12.8 Å². The highest BCUT2D eigenvalue weighted by atomic mass is 16.4. The Kier molecular flexibility index (Phi) is 21.2. The minimum atomic E-state index is -0.924. The van der Waals surface area contributed by atoms with E-state index in [1.165, 1.54) is 83.5 Å². The maximum Gasteiger partial charge on any atom is 0.314 e. The van der Waals surface area contributed by atoms with E-state index in [0.717, 1.165) is 38.5 Å². The van der Waals surface area contributed by atoms with Crippen LogP contribution in [0.3, 0.4) is 0 Å². The first-order chi connectivity index (χ1) is 14.1. The standard InChI is InChI=1S/C26H50O3/c1-3-5-7-9-10-11-12-13-14-15-16-17-18-19-21-23-25(27)24(26(28)29)22-20-8-6-4-2/h24H,3-23H2,1-2H3,(H,28,29). The van der Waals surface area contributed by atoms with Gasteiger partial charge >= 0.3 is 5.97 Å². The van der Waals surface area contributed by atoms with Gasteiger partial charge in [-0.15, -0.1) is 0 Å². The Balaban J connectivity index is 3.47. The van der Waals surface area contributed by atoms with Crippen LogP contribution in [0, 0.1) is 5.92 Å². The first-order valence-corrected chi connectivity index (χ1v) is 12.9. The molecule has 0 amide bonds. The number of hydrogen-bond donors (Lipinski definition) is 1. The number of Topliss-reactive ketones (excluding diaryl/α,β-unsaturated/α-hetero) is 1. The second-order valence-electron chi connectivity index (χ2n) is 8.91. The lowest BCUT2D eigenvalue weighted by molar-refractivity contribution is -0.146. The zero-order chi connectivity index (χ0) is 21.6. The van der Waals surface area contributed by atoms with Crippen molar-refractivity contribution in [3.05, 3.63) is 0 Å². The Morgan fingerprint density at radius 1 is 0.552 bits per heavy atom. The first kappa shape index (κ1) is 28.1. The van der Waals surface area contributed by atoms with Crippen LogP contribution in [0.2, 0.25) is 0 Å². The number of hydrogen-bond acceptors (Lipinski definition) is 2. The summed E-state index contributed by atoms with van der Waals surface area (Å²) in [7, 11) is 0. The molecular weight excluding hydrogens is 360 g/mol. The van der Waals surface area contributed by atoms with Gasteiger partial charge in [0, 0.05) is 6.42 Å². The van der Waals surface area contributed by atoms with Crippen LogP contribution in [0.25, 0.3) is 0 Å². The van der Waals surface area contributed by atoms with Crippen molar-refractivity contribution in [3.63, 3.8) is 0 Å². The molecule has 1 unspecified atom stereocenters. The third kappa shape index (κ3) is 18.9. The maximum atomic E-state index is 12.2. The molecule has 0 saturated carbocycles. The van der Waals surface area contributed by atoms with Gasteiger partial charge in [-0.3, -0.25) is 9.59 Å². The largest absolute Gasteiger partial charge is 0.481 e. The summed E-state index contributed by atoms with van der Waals surface area (Å²) < 4.78 is 0. The maximum absolute atomic E-state index is 12.2. The summed E-state index contributed by atoms with van der Waals surface area (Å²) in [6, 6.07) is 0. The van der Waals surface area contributed by atoms with E-state index in [9.17, 15) is 14.7 Å². The predicted octanol–water partition coefficient (Wildman–Crippen LogP) is 8.49. The minimum Gasteiger partial charge on any atom is -0.481 e. The SMILES string of the molecule is CCCCCCCCCCCCCCCCCC(=O)C(CCCCCC)C(=O)O. The molecule has 0 spiro atoms. The van der Waals surface area contributed by atoms with Crippen LogP contribution in [0.5, 0.6) is 0 Å². The quantitative estimate of drug-likeness (QED) is 0.136. The van der Waals surface area contributed by atoms with Gasteiger partial charge in [-0.1, -0.05) is 129 Å². The van der Waals surface area contributed by atoms with Crippen LogP contribution in [-0.4, -0.2) is 16.9 Å². The molecule has 0 aromatic heterocycles. The topological polar surface area (TPSA) is 54.4 Å². The summed E-state index contributed by atoms with van der Waals surface area (Å²) in [5.41, 5.74) is 0. The van der Waals surface area contributed by atoms with Gasteiger partial charge in [-0.25, -0.2) is 0 Å². The van der Waals surface area contributed by atoms with Crippen molar-refractivity contribution < 1.29 is 14.7 Å². The number of unbranched alkanes of at least 4 members (excludes halogenated alkanes) is 17. The molecule has 0 heterocycles. The Morgan fingerprint density at radius 3 is 1.28 bits per heavy atom. The van der Waals surface area contributed by atoms with Gasteiger partial charge in [0.15, 0.2) is 0 Å². The van der Waals surface area contributed by atoms with E-state index in [0.29, 0.717) is 12.8 Å². The van der Waals surface area contributed by atoms with Gasteiger partial charge in [0.1, 0.15) is 11.7 Å². The van der Waals surface area contributed by atoms with Crippen molar-refractivity contribution >= 4 is 11.8 Å². The van der Waals surface area contributed by atoms with Crippen LogP contribution in [0.1, 0.15) is 149 Å². The summed E-state index contributed by atoms with van der Waals surface area (Å²) in [6.07, 6.45) is 24.7. The molecule has 0 aromatic rings. The van der Waals surface area contributed by atoms with Crippen LogP contribution in [0.4, 0.5) is 0 Å². The van der Waals surface area contributed by atoms with Crippen molar-refractivity contribution in [1.82, 2.24) is 0 Å². The van der Waals surface area contributed by atoms with Crippen molar-refractivity contribution in [3.8, 4) is 0 Å². The van der Waals surface area contributed by atoms with E-state index in [2.05, 4.69) is 13.8 Å². The fourth-order valence-corrected chi connectivity index (χ4v) is 4.04. The molecule has 0 aliphatic rings. The van der Waals surface area contributed by atoms with Crippen molar-refractivity contribution in [2.75, 3.05) is 0 Å². The highest BCUT2D eigenvalue weighted by molar-refractivity contribution is 5.98. The monoisotopic (exact) mass is 410 g/mol. The highest BCUT2D eigenvalue weighted by Gasteiger charge is 2.24. The molecule has 0 fully saturated rings. The molecular formula is C26H50O3. The van der Waals surface area contributed by atoms with Crippen LogP contribution >= 0.6 is 0 Å². The van der Waals surface area contributed by atoms with Crippen LogP contribution in [0.15, 0.2) is 0 Å². The van der Waals surface area contributed by atoms with Crippen molar-refractivity contribution in [2.45, 2.75) is 149 Å². The summed E-state index contributed by atoms with van der Waals surface area (Å²) >= 11 is 0. The Morgan fingerprint density at radius 2 is 0.897 bits per heavy atom. The fourth-order valence-electron chi connectivity index (χ4n) is 4.04. The molecule has 0 aliphatic heterocycles. The molecule has 0 aromatic carbocycles. The Labute approximate surface area is 181 Å². The number of aliphatic carboxylic acids is 1. The normalized spacial score (nSPS) is 12.2. The van der Waals surface area contributed by atoms with Gasteiger partial charge in [0.05, 0.1) is 0 Å². The molecule has 0 rings (SSSR count).